The molecule has 0 saturated carbocycles. The minimum Gasteiger partial charge on any atom is -0.478 e. The average molecular weight is 278 g/mol. The summed E-state index contributed by atoms with van der Waals surface area (Å²) >= 11 is 0. The highest BCUT2D eigenvalue weighted by Gasteiger charge is 2.19. The van der Waals surface area contributed by atoms with Crippen LogP contribution in [0.2, 0.25) is 0 Å². The van der Waals surface area contributed by atoms with Gasteiger partial charge in [0.2, 0.25) is 5.91 Å². The molecule has 0 aliphatic heterocycles. The molecule has 5 heteroatoms. The normalized spacial score (nSPS) is 11.9. The SMILES string of the molecule is CCCCC(CC)C(=O)Nc1cc(N)ccc1C(=O)O. The van der Waals surface area contributed by atoms with Gasteiger partial charge in [-0.15, -0.1) is 0 Å². The van der Waals surface area contributed by atoms with Crippen molar-refractivity contribution in [1.82, 2.24) is 0 Å². The first-order chi connectivity index (χ1) is 9.49. The Bertz CT molecular complexity index is 486. The number of aromatic carboxylic acids is 1. The Kier molecular flexibility index (Phi) is 6.03. The van der Waals surface area contributed by atoms with Gasteiger partial charge in [0.1, 0.15) is 0 Å². The number of hydrogen-bond acceptors (Lipinski definition) is 3. The molecule has 0 saturated heterocycles. The summed E-state index contributed by atoms with van der Waals surface area (Å²) in [5, 5.41) is 11.8. The third-order valence-electron chi connectivity index (χ3n) is 3.30. The van der Waals surface area contributed by atoms with E-state index < -0.39 is 5.97 Å². The van der Waals surface area contributed by atoms with Crippen molar-refractivity contribution in [2.24, 2.45) is 5.92 Å². The molecule has 0 aliphatic carbocycles. The fraction of sp³-hybridized carbons (Fsp3) is 0.467. The molecule has 4 N–H and O–H groups in total. The summed E-state index contributed by atoms with van der Waals surface area (Å²) in [6.07, 6.45) is 3.55. The van der Waals surface area contributed by atoms with Crippen LogP contribution in [0, 0.1) is 5.92 Å². The van der Waals surface area contributed by atoms with Gasteiger partial charge in [0.05, 0.1) is 11.3 Å². The quantitative estimate of drug-likeness (QED) is 0.668. The third-order valence-corrected chi connectivity index (χ3v) is 3.30. The number of nitrogens with two attached hydrogens (primary N) is 1. The van der Waals surface area contributed by atoms with Crippen molar-refractivity contribution in [1.29, 1.82) is 0 Å². The monoisotopic (exact) mass is 278 g/mol. The van der Waals surface area contributed by atoms with Crippen molar-refractivity contribution in [3.05, 3.63) is 23.8 Å². The molecule has 0 spiro atoms. The maximum absolute atomic E-state index is 12.2. The first-order valence-electron chi connectivity index (χ1n) is 6.93. The lowest BCUT2D eigenvalue weighted by Crippen LogP contribution is -2.23. The molecule has 20 heavy (non-hydrogen) atoms. The zero-order chi connectivity index (χ0) is 15.1. The van der Waals surface area contributed by atoms with Crippen LogP contribution in [-0.4, -0.2) is 17.0 Å². The second-order valence-corrected chi connectivity index (χ2v) is 4.85. The maximum atomic E-state index is 12.2. The van der Waals surface area contributed by atoms with Crippen molar-refractivity contribution < 1.29 is 14.7 Å². The van der Waals surface area contributed by atoms with Crippen LogP contribution in [0.5, 0.6) is 0 Å². The van der Waals surface area contributed by atoms with E-state index in [9.17, 15) is 9.59 Å². The van der Waals surface area contributed by atoms with E-state index in [1.165, 1.54) is 18.2 Å². The number of carbonyl (C=O) groups excluding carboxylic acids is 1. The molecular weight excluding hydrogens is 256 g/mol. The van der Waals surface area contributed by atoms with Crippen LogP contribution in [0.25, 0.3) is 0 Å². The minimum atomic E-state index is -1.08. The zero-order valence-electron chi connectivity index (χ0n) is 12.0. The Balaban J connectivity index is 2.88. The molecule has 1 atom stereocenters. The number of nitrogen functional groups attached to an aromatic ring is 1. The van der Waals surface area contributed by atoms with Gasteiger partial charge in [-0.2, -0.15) is 0 Å². The smallest absolute Gasteiger partial charge is 0.337 e. The topological polar surface area (TPSA) is 92.4 Å². The van der Waals surface area contributed by atoms with Gasteiger partial charge in [-0.05, 0) is 31.0 Å². The van der Waals surface area contributed by atoms with Gasteiger partial charge in [-0.1, -0.05) is 26.7 Å². The van der Waals surface area contributed by atoms with Crippen LogP contribution < -0.4 is 11.1 Å². The number of carbonyl (C=O) groups is 2. The fourth-order valence-corrected chi connectivity index (χ4v) is 2.06. The average Bonchev–Trinajstić information content (AvgIpc) is 2.39. The van der Waals surface area contributed by atoms with Crippen LogP contribution >= 0.6 is 0 Å². The van der Waals surface area contributed by atoms with E-state index in [1.54, 1.807) is 0 Å². The molecule has 110 valence electrons. The summed E-state index contributed by atoms with van der Waals surface area (Å²) in [5.41, 5.74) is 6.39. The van der Waals surface area contributed by atoms with Crippen molar-refractivity contribution in [3.8, 4) is 0 Å². The zero-order valence-corrected chi connectivity index (χ0v) is 12.0. The van der Waals surface area contributed by atoms with Gasteiger partial charge >= 0.3 is 5.97 Å². The number of anilines is 2. The molecule has 0 aromatic heterocycles. The molecule has 1 aromatic carbocycles. The third kappa shape index (κ3) is 4.26. The van der Waals surface area contributed by atoms with Gasteiger partial charge in [0.15, 0.2) is 0 Å². The van der Waals surface area contributed by atoms with E-state index in [1.807, 2.05) is 6.92 Å². The summed E-state index contributed by atoms with van der Waals surface area (Å²) in [6.45, 7) is 4.03. The Morgan fingerprint density at radius 1 is 1.35 bits per heavy atom. The molecule has 0 radical (unpaired) electrons. The largest absolute Gasteiger partial charge is 0.478 e. The van der Waals surface area contributed by atoms with Crippen molar-refractivity contribution >= 4 is 23.3 Å². The van der Waals surface area contributed by atoms with Crippen molar-refractivity contribution in [3.63, 3.8) is 0 Å². The molecular formula is C15H22N2O3. The van der Waals surface area contributed by atoms with Gasteiger partial charge in [0, 0.05) is 11.6 Å². The predicted octanol–water partition coefficient (Wildman–Crippen LogP) is 3.12. The highest BCUT2D eigenvalue weighted by atomic mass is 16.4. The van der Waals surface area contributed by atoms with Crippen LogP contribution in [0.15, 0.2) is 18.2 Å². The Morgan fingerprint density at radius 2 is 2.05 bits per heavy atom. The Morgan fingerprint density at radius 3 is 2.60 bits per heavy atom. The second kappa shape index (κ2) is 7.53. The van der Waals surface area contributed by atoms with E-state index in [4.69, 9.17) is 10.8 Å². The summed E-state index contributed by atoms with van der Waals surface area (Å²) < 4.78 is 0. The predicted molar refractivity (Wildman–Crippen MR) is 79.7 cm³/mol. The highest BCUT2D eigenvalue weighted by molar-refractivity contribution is 6.01. The van der Waals surface area contributed by atoms with E-state index in [0.717, 1.165) is 25.7 Å². The second-order valence-electron chi connectivity index (χ2n) is 4.85. The number of amides is 1. The molecule has 1 amide bonds. The fourth-order valence-electron chi connectivity index (χ4n) is 2.06. The van der Waals surface area contributed by atoms with Gasteiger partial charge in [-0.3, -0.25) is 4.79 Å². The lowest BCUT2D eigenvalue weighted by Gasteiger charge is -2.16. The van der Waals surface area contributed by atoms with E-state index in [2.05, 4.69) is 12.2 Å². The number of unbranched alkanes of at least 4 members (excludes halogenated alkanes) is 1. The van der Waals surface area contributed by atoms with Crippen molar-refractivity contribution in [2.45, 2.75) is 39.5 Å². The number of carboxylic acid groups (broad SMARTS) is 1. The molecule has 0 bridgehead atoms. The van der Waals surface area contributed by atoms with Gasteiger partial charge in [-0.25, -0.2) is 4.79 Å². The lowest BCUT2D eigenvalue weighted by atomic mass is 9.98. The molecule has 1 unspecified atom stereocenters. The Labute approximate surface area is 119 Å². The van der Waals surface area contributed by atoms with Gasteiger partial charge in [0.25, 0.3) is 0 Å². The van der Waals surface area contributed by atoms with E-state index in [-0.39, 0.29) is 23.1 Å². The molecule has 1 aromatic rings. The number of rotatable bonds is 7. The number of hydrogen-bond donors (Lipinski definition) is 3. The van der Waals surface area contributed by atoms with Crippen LogP contribution in [0.3, 0.4) is 0 Å². The molecule has 0 heterocycles. The molecule has 1 rings (SSSR count). The molecule has 0 fully saturated rings. The first-order valence-corrected chi connectivity index (χ1v) is 6.93. The lowest BCUT2D eigenvalue weighted by molar-refractivity contribution is -0.120. The van der Waals surface area contributed by atoms with Crippen LogP contribution in [0.1, 0.15) is 49.9 Å². The Hall–Kier alpha value is -2.04. The standard InChI is InChI=1S/C15H22N2O3/c1-3-5-6-10(4-2)14(18)17-13-9-11(16)7-8-12(13)15(19)20/h7-10H,3-6,16H2,1-2H3,(H,17,18)(H,19,20). The molecule has 0 aliphatic rings. The van der Waals surface area contributed by atoms with Crippen LogP contribution in [-0.2, 0) is 4.79 Å². The summed E-state index contributed by atoms with van der Waals surface area (Å²) in [5.74, 6) is -1.33. The highest BCUT2D eigenvalue weighted by Crippen LogP contribution is 2.22. The summed E-state index contributed by atoms with van der Waals surface area (Å²) in [7, 11) is 0. The van der Waals surface area contributed by atoms with Crippen molar-refractivity contribution in [2.75, 3.05) is 11.1 Å². The minimum absolute atomic E-state index is 0.0536. The van der Waals surface area contributed by atoms with E-state index in [0.29, 0.717) is 5.69 Å². The number of carboxylic acids is 1. The van der Waals surface area contributed by atoms with E-state index >= 15 is 0 Å². The molecule has 5 nitrogen and oxygen atoms in total. The van der Waals surface area contributed by atoms with Crippen LogP contribution in [0.4, 0.5) is 11.4 Å². The van der Waals surface area contributed by atoms with Gasteiger partial charge < -0.3 is 16.2 Å². The summed E-state index contributed by atoms with van der Waals surface area (Å²) in [4.78, 5) is 23.3. The first kappa shape index (κ1) is 16.0. The summed E-state index contributed by atoms with van der Waals surface area (Å²) in [6, 6.07) is 4.39. The maximum Gasteiger partial charge on any atom is 0.337 e. The number of benzene rings is 1. The number of nitrogens with one attached hydrogen (secondary N) is 1.